The van der Waals surface area contributed by atoms with E-state index in [0.717, 1.165) is 16.9 Å². The van der Waals surface area contributed by atoms with Gasteiger partial charge in [0.05, 0.1) is 23.3 Å². The molecule has 2 aromatic carbocycles. The molecule has 122 valence electrons. The van der Waals surface area contributed by atoms with Gasteiger partial charge in [0.25, 0.3) is 0 Å². The van der Waals surface area contributed by atoms with Gasteiger partial charge in [0.1, 0.15) is 0 Å². The van der Waals surface area contributed by atoms with Crippen molar-refractivity contribution in [1.29, 1.82) is 10.5 Å². The molecular formula is C21H23N3. The molecule has 0 aliphatic rings. The van der Waals surface area contributed by atoms with E-state index in [9.17, 15) is 10.5 Å². The van der Waals surface area contributed by atoms with Crippen molar-refractivity contribution in [3.05, 3.63) is 58.7 Å². The summed E-state index contributed by atoms with van der Waals surface area (Å²) in [4.78, 5) is 2.01. The Labute approximate surface area is 144 Å². The maximum Gasteiger partial charge on any atom is 0.0995 e. The Morgan fingerprint density at radius 1 is 0.792 bits per heavy atom. The Hall–Kier alpha value is -2.78. The standard InChI is InChI=1S/C21H23N3/c1-14(2)16-6-8-19(9-7-16)24(5)20-10-17(12-22)21(15(3)4)18(11-20)13-23/h6-11,14-15H,1-5H3. The minimum absolute atomic E-state index is 0.138. The van der Waals surface area contributed by atoms with Crippen molar-refractivity contribution in [2.45, 2.75) is 39.5 Å². The first kappa shape index (κ1) is 17.6. The van der Waals surface area contributed by atoms with Gasteiger partial charge in [-0.05, 0) is 47.2 Å². The summed E-state index contributed by atoms with van der Waals surface area (Å²) >= 11 is 0. The van der Waals surface area contributed by atoms with Crippen LogP contribution in [0, 0.1) is 22.7 Å². The summed E-state index contributed by atoms with van der Waals surface area (Å²) in [5.41, 5.74) is 5.15. The minimum Gasteiger partial charge on any atom is -0.345 e. The molecule has 0 aliphatic carbocycles. The molecule has 3 nitrogen and oxygen atoms in total. The molecule has 0 spiro atoms. The summed E-state index contributed by atoms with van der Waals surface area (Å²) in [6, 6.07) is 16.6. The van der Waals surface area contributed by atoms with Crippen LogP contribution in [0.5, 0.6) is 0 Å². The summed E-state index contributed by atoms with van der Waals surface area (Å²) in [7, 11) is 1.96. The fourth-order valence-corrected chi connectivity index (χ4v) is 2.87. The lowest BCUT2D eigenvalue weighted by atomic mass is 9.92. The van der Waals surface area contributed by atoms with Crippen LogP contribution < -0.4 is 4.90 Å². The molecule has 0 radical (unpaired) electrons. The van der Waals surface area contributed by atoms with E-state index in [2.05, 4.69) is 50.3 Å². The smallest absolute Gasteiger partial charge is 0.0995 e. The molecule has 2 rings (SSSR count). The molecule has 0 heterocycles. The predicted molar refractivity (Wildman–Crippen MR) is 98.6 cm³/mol. The topological polar surface area (TPSA) is 50.8 Å². The highest BCUT2D eigenvalue weighted by Crippen LogP contribution is 2.32. The monoisotopic (exact) mass is 317 g/mol. The molecule has 3 heteroatoms. The largest absolute Gasteiger partial charge is 0.345 e. The zero-order chi connectivity index (χ0) is 17.9. The highest BCUT2D eigenvalue weighted by Gasteiger charge is 2.16. The Morgan fingerprint density at radius 3 is 1.67 bits per heavy atom. The van der Waals surface area contributed by atoms with Gasteiger partial charge >= 0.3 is 0 Å². The Morgan fingerprint density at radius 2 is 1.29 bits per heavy atom. The Balaban J connectivity index is 2.48. The van der Waals surface area contributed by atoms with E-state index in [0.29, 0.717) is 17.0 Å². The molecular weight excluding hydrogens is 294 g/mol. The average molecular weight is 317 g/mol. The van der Waals surface area contributed by atoms with Crippen molar-refractivity contribution in [1.82, 2.24) is 0 Å². The molecule has 0 N–H and O–H groups in total. The molecule has 0 aliphatic heterocycles. The van der Waals surface area contributed by atoms with Crippen molar-refractivity contribution >= 4 is 11.4 Å². The molecule has 0 fully saturated rings. The number of anilines is 2. The number of nitrogens with zero attached hydrogens (tertiary/aromatic N) is 3. The Kier molecular flexibility index (Phi) is 5.27. The van der Waals surface area contributed by atoms with Crippen LogP contribution in [0.4, 0.5) is 11.4 Å². The van der Waals surface area contributed by atoms with Gasteiger partial charge in [-0.15, -0.1) is 0 Å². The first-order valence-corrected chi connectivity index (χ1v) is 8.20. The molecule has 0 atom stereocenters. The van der Waals surface area contributed by atoms with Crippen molar-refractivity contribution < 1.29 is 0 Å². The number of hydrogen-bond donors (Lipinski definition) is 0. The van der Waals surface area contributed by atoms with Gasteiger partial charge in [-0.1, -0.05) is 39.8 Å². The summed E-state index contributed by atoms with van der Waals surface area (Å²) in [6.45, 7) is 8.35. The van der Waals surface area contributed by atoms with Crippen LogP contribution in [-0.2, 0) is 0 Å². The van der Waals surface area contributed by atoms with Gasteiger partial charge in [-0.2, -0.15) is 10.5 Å². The van der Waals surface area contributed by atoms with Crippen LogP contribution in [0.3, 0.4) is 0 Å². The lowest BCUT2D eigenvalue weighted by Crippen LogP contribution is -2.11. The van der Waals surface area contributed by atoms with E-state index in [1.54, 1.807) is 0 Å². The van der Waals surface area contributed by atoms with Crippen molar-refractivity contribution in [3.8, 4) is 12.1 Å². The summed E-state index contributed by atoms with van der Waals surface area (Å²) in [6.07, 6.45) is 0. The fourth-order valence-electron chi connectivity index (χ4n) is 2.87. The third-order valence-corrected chi connectivity index (χ3v) is 4.32. The van der Waals surface area contributed by atoms with E-state index in [1.807, 2.05) is 37.9 Å². The molecule has 0 saturated heterocycles. The summed E-state index contributed by atoms with van der Waals surface area (Å²) in [5, 5.41) is 19.0. The van der Waals surface area contributed by atoms with E-state index in [1.165, 1.54) is 5.56 Å². The first-order chi connectivity index (χ1) is 11.4. The second-order valence-electron chi connectivity index (χ2n) is 6.64. The first-order valence-electron chi connectivity index (χ1n) is 8.20. The van der Waals surface area contributed by atoms with Crippen LogP contribution in [0.25, 0.3) is 0 Å². The van der Waals surface area contributed by atoms with E-state index in [-0.39, 0.29) is 5.92 Å². The van der Waals surface area contributed by atoms with E-state index < -0.39 is 0 Å². The third-order valence-electron chi connectivity index (χ3n) is 4.32. The average Bonchev–Trinajstić information content (AvgIpc) is 2.59. The van der Waals surface area contributed by atoms with Gasteiger partial charge in [-0.25, -0.2) is 0 Å². The Bertz CT molecular complexity index is 767. The summed E-state index contributed by atoms with van der Waals surface area (Å²) < 4.78 is 0. The second kappa shape index (κ2) is 7.20. The van der Waals surface area contributed by atoms with Crippen LogP contribution in [-0.4, -0.2) is 7.05 Å². The highest BCUT2D eigenvalue weighted by atomic mass is 15.1. The maximum atomic E-state index is 9.48. The van der Waals surface area contributed by atoms with Crippen molar-refractivity contribution in [2.75, 3.05) is 11.9 Å². The molecule has 0 unspecified atom stereocenters. The second-order valence-corrected chi connectivity index (χ2v) is 6.64. The third kappa shape index (κ3) is 3.42. The molecule has 0 saturated carbocycles. The SMILES string of the molecule is CC(C)c1ccc(N(C)c2cc(C#N)c(C(C)C)c(C#N)c2)cc1. The quantitative estimate of drug-likeness (QED) is 0.754. The zero-order valence-corrected chi connectivity index (χ0v) is 15.0. The van der Waals surface area contributed by atoms with Gasteiger partial charge in [0.2, 0.25) is 0 Å². The van der Waals surface area contributed by atoms with Gasteiger partial charge in [0.15, 0.2) is 0 Å². The van der Waals surface area contributed by atoms with Crippen molar-refractivity contribution in [2.24, 2.45) is 0 Å². The lowest BCUT2D eigenvalue weighted by Gasteiger charge is -2.22. The molecule has 2 aromatic rings. The maximum absolute atomic E-state index is 9.48. The normalized spacial score (nSPS) is 10.5. The van der Waals surface area contributed by atoms with E-state index >= 15 is 0 Å². The lowest BCUT2D eigenvalue weighted by molar-refractivity contribution is 0.858. The molecule has 0 amide bonds. The van der Waals surface area contributed by atoms with Gasteiger partial charge in [-0.3, -0.25) is 0 Å². The van der Waals surface area contributed by atoms with Gasteiger partial charge < -0.3 is 4.90 Å². The van der Waals surface area contributed by atoms with Crippen LogP contribution >= 0.6 is 0 Å². The van der Waals surface area contributed by atoms with Gasteiger partial charge in [0, 0.05) is 18.4 Å². The minimum atomic E-state index is 0.138. The number of rotatable bonds is 4. The highest BCUT2D eigenvalue weighted by molar-refractivity contribution is 5.68. The number of benzene rings is 2. The summed E-state index contributed by atoms with van der Waals surface area (Å²) in [5.74, 6) is 0.629. The zero-order valence-electron chi connectivity index (χ0n) is 15.0. The van der Waals surface area contributed by atoms with Crippen LogP contribution in [0.1, 0.15) is 61.8 Å². The molecule has 0 aromatic heterocycles. The molecule has 24 heavy (non-hydrogen) atoms. The number of hydrogen-bond acceptors (Lipinski definition) is 3. The number of nitriles is 2. The predicted octanol–water partition coefficient (Wildman–Crippen LogP) is 5.44. The van der Waals surface area contributed by atoms with Crippen LogP contribution in [0.15, 0.2) is 36.4 Å². The fraction of sp³-hybridized carbons (Fsp3) is 0.333. The molecule has 0 bridgehead atoms. The van der Waals surface area contributed by atoms with Crippen molar-refractivity contribution in [3.63, 3.8) is 0 Å². The van der Waals surface area contributed by atoms with E-state index in [4.69, 9.17) is 0 Å². The van der Waals surface area contributed by atoms with Crippen LogP contribution in [0.2, 0.25) is 0 Å².